The summed E-state index contributed by atoms with van der Waals surface area (Å²) in [5.41, 5.74) is 2.85. The average Bonchev–Trinajstić information content (AvgIpc) is 3.23. The van der Waals surface area contributed by atoms with E-state index in [1.165, 1.54) is 18.3 Å². The number of rotatable bonds is 5. The Morgan fingerprint density at radius 2 is 2.12 bits per heavy atom. The number of nitrogens with zero attached hydrogens (tertiary/aromatic N) is 3. The van der Waals surface area contributed by atoms with Crippen LogP contribution in [0.25, 0.3) is 10.6 Å². The van der Waals surface area contributed by atoms with Crippen LogP contribution < -0.4 is 10.6 Å². The second-order valence-electron chi connectivity index (χ2n) is 5.94. The Labute approximate surface area is 155 Å². The molecule has 8 heteroatoms. The van der Waals surface area contributed by atoms with E-state index in [9.17, 15) is 9.59 Å². The van der Waals surface area contributed by atoms with Gasteiger partial charge in [-0.2, -0.15) is 5.10 Å². The highest BCUT2D eigenvalue weighted by Gasteiger charge is 2.16. The van der Waals surface area contributed by atoms with Crippen LogP contribution in [0.1, 0.15) is 35.9 Å². The molecule has 0 saturated carbocycles. The minimum atomic E-state index is -0.242. The predicted molar refractivity (Wildman–Crippen MR) is 101 cm³/mol. The van der Waals surface area contributed by atoms with Gasteiger partial charge in [-0.3, -0.25) is 14.3 Å². The Morgan fingerprint density at radius 1 is 1.31 bits per heavy atom. The molecule has 2 heterocycles. The van der Waals surface area contributed by atoms with Crippen LogP contribution >= 0.6 is 11.3 Å². The average molecular weight is 369 g/mol. The van der Waals surface area contributed by atoms with E-state index in [-0.39, 0.29) is 17.9 Å². The van der Waals surface area contributed by atoms with Crippen molar-refractivity contribution in [3.63, 3.8) is 0 Å². The quantitative estimate of drug-likeness (QED) is 0.723. The summed E-state index contributed by atoms with van der Waals surface area (Å²) >= 11 is 1.40. The summed E-state index contributed by atoms with van der Waals surface area (Å²) in [7, 11) is 1.83. The monoisotopic (exact) mass is 369 g/mol. The largest absolute Gasteiger partial charge is 0.344 e. The number of carbonyl (C=O) groups excluding carboxylic acids is 2. The van der Waals surface area contributed by atoms with Crippen LogP contribution in [0.5, 0.6) is 0 Å². The van der Waals surface area contributed by atoms with Crippen molar-refractivity contribution in [2.24, 2.45) is 7.05 Å². The van der Waals surface area contributed by atoms with E-state index < -0.39 is 0 Å². The van der Waals surface area contributed by atoms with Crippen LogP contribution in [0.3, 0.4) is 0 Å². The maximum atomic E-state index is 12.5. The molecule has 0 spiro atoms. The summed E-state index contributed by atoms with van der Waals surface area (Å²) in [5, 5.41) is 12.3. The van der Waals surface area contributed by atoms with E-state index in [0.717, 1.165) is 16.1 Å². The molecule has 0 aliphatic carbocycles. The SMILES string of the molecule is CC(=O)Nc1cccc(C(C)NC(=O)c2csc(-c3cnn(C)c3)n2)c1. The van der Waals surface area contributed by atoms with E-state index in [4.69, 9.17) is 0 Å². The van der Waals surface area contributed by atoms with Gasteiger partial charge < -0.3 is 10.6 Å². The fraction of sp³-hybridized carbons (Fsp3) is 0.222. The molecular formula is C18H19N5O2S. The van der Waals surface area contributed by atoms with E-state index in [1.807, 2.05) is 38.4 Å². The summed E-state index contributed by atoms with van der Waals surface area (Å²) in [4.78, 5) is 28.1. The van der Waals surface area contributed by atoms with E-state index >= 15 is 0 Å². The van der Waals surface area contributed by atoms with Crippen LogP contribution in [0.2, 0.25) is 0 Å². The number of thiazole rings is 1. The van der Waals surface area contributed by atoms with Crippen molar-refractivity contribution < 1.29 is 9.59 Å². The maximum Gasteiger partial charge on any atom is 0.271 e. The highest BCUT2D eigenvalue weighted by molar-refractivity contribution is 7.13. The Kier molecular flexibility index (Phi) is 5.13. The Hall–Kier alpha value is -3.00. The standard InChI is InChI=1S/C18H19N5O2S/c1-11(13-5-4-6-15(7-13)21-12(2)24)20-17(25)16-10-26-18(22-16)14-8-19-23(3)9-14/h4-11H,1-3H3,(H,20,25)(H,21,24). The van der Waals surface area contributed by atoms with E-state index in [0.29, 0.717) is 11.4 Å². The number of amides is 2. The van der Waals surface area contributed by atoms with Crippen LogP contribution in [0.15, 0.2) is 42.0 Å². The lowest BCUT2D eigenvalue weighted by atomic mass is 10.1. The zero-order valence-electron chi connectivity index (χ0n) is 14.7. The third kappa shape index (κ3) is 4.15. The van der Waals surface area contributed by atoms with E-state index in [1.54, 1.807) is 22.3 Å². The molecular weight excluding hydrogens is 350 g/mol. The number of carbonyl (C=O) groups is 2. The third-order valence-electron chi connectivity index (χ3n) is 3.74. The summed E-state index contributed by atoms with van der Waals surface area (Å²) in [6, 6.07) is 7.17. The molecule has 0 aliphatic rings. The first kappa shape index (κ1) is 17.8. The second kappa shape index (κ2) is 7.49. The van der Waals surface area contributed by atoms with Crippen LogP contribution in [-0.2, 0) is 11.8 Å². The first-order valence-electron chi connectivity index (χ1n) is 8.05. The number of nitrogens with one attached hydrogen (secondary N) is 2. The van der Waals surface area contributed by atoms with Crippen molar-refractivity contribution in [2.45, 2.75) is 19.9 Å². The Balaban J connectivity index is 1.70. The maximum absolute atomic E-state index is 12.5. The molecule has 2 amide bonds. The number of aryl methyl sites for hydroxylation is 1. The summed E-state index contributed by atoms with van der Waals surface area (Å²) < 4.78 is 1.70. The smallest absolute Gasteiger partial charge is 0.271 e. The molecule has 1 unspecified atom stereocenters. The Bertz CT molecular complexity index is 946. The van der Waals surface area contributed by atoms with Crippen molar-refractivity contribution >= 4 is 28.8 Å². The van der Waals surface area contributed by atoms with Crippen molar-refractivity contribution in [3.05, 3.63) is 53.3 Å². The van der Waals surface area contributed by atoms with Crippen LogP contribution in [0, 0.1) is 0 Å². The van der Waals surface area contributed by atoms with Gasteiger partial charge in [0, 0.05) is 36.8 Å². The highest BCUT2D eigenvalue weighted by atomic mass is 32.1. The van der Waals surface area contributed by atoms with Crippen molar-refractivity contribution in [1.82, 2.24) is 20.1 Å². The van der Waals surface area contributed by atoms with Gasteiger partial charge in [-0.05, 0) is 24.6 Å². The molecule has 0 radical (unpaired) electrons. The molecule has 1 aromatic carbocycles. The molecule has 0 fully saturated rings. The van der Waals surface area contributed by atoms with Crippen molar-refractivity contribution in [3.8, 4) is 10.6 Å². The van der Waals surface area contributed by atoms with Crippen LogP contribution in [0.4, 0.5) is 5.69 Å². The minimum absolute atomic E-state index is 0.135. The number of anilines is 1. The van der Waals surface area contributed by atoms with Gasteiger partial charge >= 0.3 is 0 Å². The fourth-order valence-electron chi connectivity index (χ4n) is 2.49. The van der Waals surface area contributed by atoms with Crippen molar-refractivity contribution in [2.75, 3.05) is 5.32 Å². The molecule has 1 atom stereocenters. The molecule has 0 aliphatic heterocycles. The van der Waals surface area contributed by atoms with Crippen LogP contribution in [-0.4, -0.2) is 26.6 Å². The second-order valence-corrected chi connectivity index (χ2v) is 6.80. The van der Waals surface area contributed by atoms with Gasteiger partial charge in [0.1, 0.15) is 10.7 Å². The molecule has 134 valence electrons. The molecule has 7 nitrogen and oxygen atoms in total. The molecule has 26 heavy (non-hydrogen) atoms. The summed E-state index contributed by atoms with van der Waals surface area (Å²) in [6.07, 6.45) is 3.58. The zero-order valence-corrected chi connectivity index (χ0v) is 15.5. The normalized spacial score (nSPS) is 11.8. The van der Waals surface area contributed by atoms with E-state index in [2.05, 4.69) is 20.7 Å². The number of aromatic nitrogens is 3. The lowest BCUT2D eigenvalue weighted by Crippen LogP contribution is -2.27. The van der Waals surface area contributed by atoms with Gasteiger partial charge in [0.25, 0.3) is 5.91 Å². The molecule has 2 N–H and O–H groups in total. The first-order valence-corrected chi connectivity index (χ1v) is 8.93. The van der Waals surface area contributed by atoms with Gasteiger partial charge in [-0.1, -0.05) is 12.1 Å². The minimum Gasteiger partial charge on any atom is -0.344 e. The Morgan fingerprint density at radius 3 is 2.81 bits per heavy atom. The van der Waals surface area contributed by atoms with Gasteiger partial charge in [0.15, 0.2) is 0 Å². The molecule has 0 bridgehead atoms. The number of benzene rings is 1. The van der Waals surface area contributed by atoms with Gasteiger partial charge in [0.2, 0.25) is 5.91 Å². The molecule has 3 aromatic rings. The molecule has 2 aromatic heterocycles. The zero-order chi connectivity index (χ0) is 18.7. The van der Waals surface area contributed by atoms with Gasteiger partial charge in [0.05, 0.1) is 12.2 Å². The van der Waals surface area contributed by atoms with Gasteiger partial charge in [-0.15, -0.1) is 11.3 Å². The summed E-state index contributed by atoms with van der Waals surface area (Å²) in [5.74, 6) is -0.377. The fourth-order valence-corrected chi connectivity index (χ4v) is 3.26. The summed E-state index contributed by atoms with van der Waals surface area (Å²) in [6.45, 7) is 3.35. The lowest BCUT2D eigenvalue weighted by Gasteiger charge is -2.14. The number of hydrogen-bond acceptors (Lipinski definition) is 5. The van der Waals surface area contributed by atoms with Gasteiger partial charge in [-0.25, -0.2) is 4.98 Å². The van der Waals surface area contributed by atoms with Crippen molar-refractivity contribution in [1.29, 1.82) is 0 Å². The predicted octanol–water partition coefficient (Wildman–Crippen LogP) is 2.99. The topological polar surface area (TPSA) is 88.9 Å². The molecule has 3 rings (SSSR count). The number of hydrogen-bond donors (Lipinski definition) is 2. The first-order chi connectivity index (χ1) is 12.4. The third-order valence-corrected chi connectivity index (χ3v) is 4.63. The molecule has 0 saturated heterocycles. The lowest BCUT2D eigenvalue weighted by molar-refractivity contribution is -0.114. The highest BCUT2D eigenvalue weighted by Crippen LogP contribution is 2.23.